The molecule has 1 aliphatic heterocycles. The minimum atomic E-state index is -1.42. The molecular weight excluding hydrogens is 662 g/mol. The first kappa shape index (κ1) is 38.5. The van der Waals surface area contributed by atoms with E-state index in [0.717, 1.165) is 45.0 Å². The number of carbonyl (C=O) groups excluding carboxylic acids is 7. The summed E-state index contributed by atoms with van der Waals surface area (Å²) in [4.78, 5) is 88.0. The van der Waals surface area contributed by atoms with Gasteiger partial charge in [0.1, 0.15) is 18.1 Å². The summed E-state index contributed by atoms with van der Waals surface area (Å²) in [6.07, 6.45) is -5.41. The van der Waals surface area contributed by atoms with Crippen LogP contribution in [0.2, 0.25) is 0 Å². The van der Waals surface area contributed by atoms with Crippen LogP contribution < -0.4 is 15.5 Å². The molecule has 264 valence electrons. The molecule has 1 fully saturated rings. The number of carbonyl (C=O) groups is 7. The highest BCUT2D eigenvalue weighted by Gasteiger charge is 2.52. The van der Waals surface area contributed by atoms with Crippen LogP contribution in [0.1, 0.15) is 54.0 Å². The summed E-state index contributed by atoms with van der Waals surface area (Å²) in [6.45, 7) is 8.10. The number of hydrogen-bond acceptors (Lipinski definition) is 13. The van der Waals surface area contributed by atoms with Crippen LogP contribution in [-0.4, -0.2) is 78.1 Å². The Morgan fingerprint density at radius 2 is 1.27 bits per heavy atom. The van der Waals surface area contributed by atoms with Crippen LogP contribution in [0.3, 0.4) is 0 Å². The van der Waals surface area contributed by atoms with E-state index >= 15 is 0 Å². The van der Waals surface area contributed by atoms with Gasteiger partial charge in [0, 0.05) is 53.4 Å². The van der Waals surface area contributed by atoms with Crippen molar-refractivity contribution in [2.45, 2.75) is 89.8 Å². The van der Waals surface area contributed by atoms with E-state index in [1.54, 1.807) is 6.07 Å². The summed E-state index contributed by atoms with van der Waals surface area (Å²) in [5, 5.41) is 5.42. The van der Waals surface area contributed by atoms with Crippen LogP contribution >= 0.6 is 11.8 Å². The summed E-state index contributed by atoms with van der Waals surface area (Å²) < 4.78 is 28.0. The van der Waals surface area contributed by atoms with Gasteiger partial charge in [-0.05, 0) is 17.7 Å². The minimum absolute atomic E-state index is 0.116. The molecule has 1 heterocycles. The average molecular weight is 702 g/mol. The lowest BCUT2D eigenvalue weighted by molar-refractivity contribution is -0.237. The van der Waals surface area contributed by atoms with Gasteiger partial charge in [0.15, 0.2) is 18.3 Å². The van der Waals surface area contributed by atoms with Gasteiger partial charge in [-0.25, -0.2) is 0 Å². The third-order valence-electron chi connectivity index (χ3n) is 6.77. The zero-order chi connectivity index (χ0) is 36.4. The van der Waals surface area contributed by atoms with Gasteiger partial charge in [-0.3, -0.25) is 33.6 Å². The highest BCUT2D eigenvalue weighted by Crippen LogP contribution is 2.44. The Labute approximate surface area is 287 Å². The number of nitrogens with zero attached hydrogens (tertiary/aromatic N) is 1. The fourth-order valence-corrected chi connectivity index (χ4v) is 6.22. The first-order valence-electron chi connectivity index (χ1n) is 15.1. The Morgan fingerprint density at radius 1 is 0.714 bits per heavy atom. The molecule has 0 unspecified atom stereocenters. The first-order chi connectivity index (χ1) is 23.0. The number of rotatable bonds is 12. The maximum absolute atomic E-state index is 13.1. The summed E-state index contributed by atoms with van der Waals surface area (Å²) >= 11 is 0.913. The van der Waals surface area contributed by atoms with Crippen molar-refractivity contribution < 1.29 is 57.2 Å². The normalized spacial score (nSPS) is 19.9. The predicted octanol–water partition coefficient (Wildman–Crippen LogP) is 3.33. The number of anilines is 3. The van der Waals surface area contributed by atoms with Crippen LogP contribution in [0.4, 0.5) is 17.1 Å². The van der Waals surface area contributed by atoms with Crippen molar-refractivity contribution in [2.24, 2.45) is 0 Å². The van der Waals surface area contributed by atoms with E-state index in [1.165, 1.54) is 31.7 Å². The smallest absolute Gasteiger partial charge is 0.303 e. The van der Waals surface area contributed by atoms with E-state index < -0.39 is 72.2 Å². The topological polar surface area (TPSA) is 193 Å². The van der Waals surface area contributed by atoms with E-state index in [9.17, 15) is 33.6 Å². The molecule has 3 rings (SSSR count). The zero-order valence-corrected chi connectivity index (χ0v) is 28.9. The molecule has 3 amide bonds. The minimum Gasteiger partial charge on any atom is -0.463 e. The van der Waals surface area contributed by atoms with Crippen molar-refractivity contribution in [3.05, 3.63) is 48.0 Å². The number of amides is 3. The van der Waals surface area contributed by atoms with Crippen LogP contribution in [0.15, 0.2) is 47.4 Å². The number of hydrogen-bond donors (Lipinski definition) is 2. The molecule has 5 atom stereocenters. The third-order valence-corrected chi connectivity index (χ3v) is 7.97. The maximum atomic E-state index is 13.1. The monoisotopic (exact) mass is 701 g/mol. The molecule has 16 heteroatoms. The van der Waals surface area contributed by atoms with Gasteiger partial charge in [0.25, 0.3) is 0 Å². The maximum Gasteiger partial charge on any atom is 0.303 e. The molecule has 1 aliphatic rings. The van der Waals surface area contributed by atoms with Gasteiger partial charge in [-0.15, -0.1) is 0 Å². The van der Waals surface area contributed by atoms with E-state index in [2.05, 4.69) is 10.6 Å². The summed E-state index contributed by atoms with van der Waals surface area (Å²) in [5.74, 6) is -4.32. The molecule has 15 nitrogen and oxygen atoms in total. The SMILES string of the molecule is CC(=O)Nc1cc(NC(C)=O)c(N(Cc2ccccc2)C(C)=O)cc1S[C@@H]1O[C@H](COC(C)=O)[C@H](OC(C)=O)[C@H](OC(C)=O)[C@H]1OC(C)=O. The molecule has 2 N–H and O–H groups in total. The second-order valence-electron chi connectivity index (χ2n) is 11.0. The van der Waals surface area contributed by atoms with E-state index in [1.807, 2.05) is 30.3 Å². The van der Waals surface area contributed by atoms with Crippen LogP contribution in [-0.2, 0) is 63.8 Å². The quantitative estimate of drug-likeness (QED) is 0.242. The van der Waals surface area contributed by atoms with E-state index in [4.69, 9.17) is 23.7 Å². The zero-order valence-electron chi connectivity index (χ0n) is 28.1. The number of benzene rings is 2. The third kappa shape index (κ3) is 11.3. The lowest BCUT2D eigenvalue weighted by atomic mass is 9.99. The molecule has 2 aromatic rings. The second-order valence-corrected chi connectivity index (χ2v) is 12.1. The lowest BCUT2D eigenvalue weighted by Gasteiger charge is -2.44. The molecule has 0 saturated carbocycles. The Hall–Kier alpha value is -4.96. The number of nitrogens with one attached hydrogen (secondary N) is 2. The Balaban J connectivity index is 2.24. The lowest BCUT2D eigenvalue weighted by Crippen LogP contribution is -2.61. The van der Waals surface area contributed by atoms with Crippen molar-refractivity contribution >= 4 is 70.4 Å². The van der Waals surface area contributed by atoms with Crippen molar-refractivity contribution in [3.8, 4) is 0 Å². The highest BCUT2D eigenvalue weighted by atomic mass is 32.2. The standard InChI is InChI=1S/C33H39N3O12S/c1-17(37)34-25-13-26(35-18(2)38)29(14-27(25)36(19(3)39)15-24-11-9-8-10-12-24)49-33-32(47-23(7)43)31(46-22(6)42)30(45-21(5)41)28(48-33)16-44-20(4)40/h8-14,28,30-33H,15-16H2,1-7H3,(H,34,37)(H,35,38)/t28-,30+,31+,32-,33+/m1/s1. The molecule has 2 aromatic carbocycles. The number of esters is 4. The molecule has 0 aromatic heterocycles. The first-order valence-corrected chi connectivity index (χ1v) is 16.0. The molecular formula is C33H39N3O12S. The summed E-state index contributed by atoms with van der Waals surface area (Å²) in [7, 11) is 0. The van der Waals surface area contributed by atoms with Crippen molar-refractivity contribution in [3.63, 3.8) is 0 Å². The molecule has 49 heavy (non-hydrogen) atoms. The van der Waals surface area contributed by atoms with Crippen molar-refractivity contribution in [1.29, 1.82) is 0 Å². The number of ether oxygens (including phenoxy) is 5. The van der Waals surface area contributed by atoms with E-state index in [0.29, 0.717) is 0 Å². The van der Waals surface area contributed by atoms with Gasteiger partial charge in [-0.1, -0.05) is 42.1 Å². The molecule has 0 bridgehead atoms. The van der Waals surface area contributed by atoms with Crippen molar-refractivity contribution in [1.82, 2.24) is 0 Å². The van der Waals surface area contributed by atoms with E-state index in [-0.39, 0.29) is 34.4 Å². The highest BCUT2D eigenvalue weighted by molar-refractivity contribution is 8.00. The Bertz CT molecular complexity index is 1580. The van der Waals surface area contributed by atoms with Gasteiger partial charge < -0.3 is 39.2 Å². The van der Waals surface area contributed by atoms with Crippen molar-refractivity contribution in [2.75, 3.05) is 22.1 Å². The summed E-state index contributed by atoms with van der Waals surface area (Å²) in [5.41, 5.74) is 0.182. The average Bonchev–Trinajstić information content (AvgIpc) is 2.98. The predicted molar refractivity (Wildman–Crippen MR) is 176 cm³/mol. The Kier molecular flexibility index (Phi) is 13.7. The molecule has 0 aliphatic carbocycles. The van der Waals surface area contributed by atoms with Gasteiger partial charge in [-0.2, -0.15) is 0 Å². The van der Waals surface area contributed by atoms with Gasteiger partial charge in [0.2, 0.25) is 17.7 Å². The van der Waals surface area contributed by atoms with Crippen LogP contribution in [0.5, 0.6) is 0 Å². The molecule has 1 saturated heterocycles. The molecule has 0 spiro atoms. The molecule has 0 radical (unpaired) electrons. The Morgan fingerprint density at radius 3 is 1.80 bits per heavy atom. The largest absolute Gasteiger partial charge is 0.463 e. The van der Waals surface area contributed by atoms with Crippen LogP contribution in [0, 0.1) is 0 Å². The van der Waals surface area contributed by atoms with Crippen LogP contribution in [0.25, 0.3) is 0 Å². The number of thioether (sulfide) groups is 1. The summed E-state index contributed by atoms with van der Waals surface area (Å²) in [6, 6.07) is 12.1. The second kappa shape index (κ2) is 17.4. The van der Waals surface area contributed by atoms with Gasteiger partial charge in [0.05, 0.1) is 23.6 Å². The fourth-order valence-electron chi connectivity index (χ4n) is 5.01. The fraction of sp³-hybridized carbons (Fsp3) is 0.424. The van der Waals surface area contributed by atoms with Gasteiger partial charge >= 0.3 is 23.9 Å².